The molecule has 2 aliphatic rings. The Bertz CT molecular complexity index is 1300. The van der Waals surface area contributed by atoms with E-state index in [9.17, 15) is 14.4 Å². The van der Waals surface area contributed by atoms with E-state index in [1.54, 1.807) is 47.4 Å². The van der Waals surface area contributed by atoms with Gasteiger partial charge < -0.3 is 20.1 Å². The molecular formula is C28H25ClN2O5. The number of carbonyl (C=O) groups is 3. The number of fused-ring (bicyclic) bond motifs is 1. The smallest absolute Gasteiger partial charge is 0.249 e. The molecule has 2 N–H and O–H groups in total. The van der Waals surface area contributed by atoms with Crippen LogP contribution >= 0.6 is 11.6 Å². The molecule has 184 valence electrons. The highest BCUT2D eigenvalue weighted by molar-refractivity contribution is 6.30. The van der Waals surface area contributed by atoms with Gasteiger partial charge in [0, 0.05) is 22.7 Å². The van der Waals surface area contributed by atoms with E-state index in [-0.39, 0.29) is 36.4 Å². The fourth-order valence-corrected chi connectivity index (χ4v) is 5.16. The summed E-state index contributed by atoms with van der Waals surface area (Å²) in [5, 5.41) is 0.573. The van der Waals surface area contributed by atoms with Crippen molar-refractivity contribution >= 4 is 29.2 Å². The first-order valence-corrected chi connectivity index (χ1v) is 12.1. The third kappa shape index (κ3) is 4.72. The molecule has 3 aromatic carbocycles. The number of halogens is 1. The van der Waals surface area contributed by atoms with Gasteiger partial charge in [-0.3, -0.25) is 14.4 Å². The van der Waals surface area contributed by atoms with Crippen molar-refractivity contribution in [3.63, 3.8) is 0 Å². The Morgan fingerprint density at radius 1 is 1.06 bits per heavy atom. The quantitative estimate of drug-likeness (QED) is 0.521. The second-order valence-corrected chi connectivity index (χ2v) is 9.40. The molecule has 0 aliphatic carbocycles. The zero-order valence-electron chi connectivity index (χ0n) is 19.4. The monoisotopic (exact) mass is 504 g/mol. The molecule has 3 unspecified atom stereocenters. The molecule has 2 saturated heterocycles. The van der Waals surface area contributed by atoms with Crippen LogP contribution in [0, 0.1) is 0 Å². The van der Waals surface area contributed by atoms with Crippen LogP contribution < -0.4 is 10.5 Å². The average Bonchev–Trinajstić information content (AvgIpc) is 3.47. The topological polar surface area (TPSA) is 98.9 Å². The number of benzene rings is 3. The first kappa shape index (κ1) is 24.0. The number of nitrogens with zero attached hydrogens (tertiary/aromatic N) is 1. The first-order valence-electron chi connectivity index (χ1n) is 11.8. The lowest BCUT2D eigenvalue weighted by Gasteiger charge is -2.29. The summed E-state index contributed by atoms with van der Waals surface area (Å²) < 4.78 is 11.8. The summed E-state index contributed by atoms with van der Waals surface area (Å²) in [6, 6.07) is 20.6. The SMILES string of the molecule is NC(=O)c1cccc(Oc2ccccc2)c1C(Cc1ccc(Cl)cc1)C(=O)N1CCC2OCC(=O)C21. The molecule has 3 atom stereocenters. The normalized spacial score (nSPS) is 19.7. The molecule has 0 saturated carbocycles. The Balaban J connectivity index is 1.61. The van der Waals surface area contributed by atoms with E-state index in [1.807, 2.05) is 30.3 Å². The molecule has 2 heterocycles. The second kappa shape index (κ2) is 10.1. The van der Waals surface area contributed by atoms with E-state index in [0.717, 1.165) is 5.56 Å². The Kier molecular flexibility index (Phi) is 6.76. The van der Waals surface area contributed by atoms with Gasteiger partial charge in [-0.15, -0.1) is 0 Å². The van der Waals surface area contributed by atoms with Crippen molar-refractivity contribution in [2.24, 2.45) is 5.73 Å². The van der Waals surface area contributed by atoms with Crippen molar-refractivity contribution in [3.8, 4) is 11.5 Å². The molecular weight excluding hydrogens is 480 g/mol. The average molecular weight is 505 g/mol. The number of Topliss-reactive ketones (excluding diaryl/α,β-unsaturated/α-hetero) is 1. The van der Waals surface area contributed by atoms with Crippen molar-refractivity contribution in [2.45, 2.75) is 30.9 Å². The van der Waals surface area contributed by atoms with Crippen molar-refractivity contribution in [1.29, 1.82) is 0 Å². The molecule has 5 rings (SSSR count). The van der Waals surface area contributed by atoms with Crippen LogP contribution in [0.3, 0.4) is 0 Å². The van der Waals surface area contributed by atoms with Gasteiger partial charge in [0.2, 0.25) is 11.8 Å². The van der Waals surface area contributed by atoms with Crippen LogP contribution in [0.15, 0.2) is 72.8 Å². The lowest BCUT2D eigenvalue weighted by Crippen LogP contribution is -2.44. The summed E-state index contributed by atoms with van der Waals surface area (Å²) >= 11 is 6.08. The van der Waals surface area contributed by atoms with Crippen LogP contribution in [0.1, 0.15) is 33.8 Å². The molecule has 2 amide bonds. The molecule has 0 bridgehead atoms. The maximum atomic E-state index is 14.2. The number of carbonyl (C=O) groups excluding carboxylic acids is 3. The van der Waals surface area contributed by atoms with Crippen molar-refractivity contribution in [3.05, 3.63) is 94.5 Å². The van der Waals surface area contributed by atoms with Gasteiger partial charge in [0.25, 0.3) is 0 Å². The lowest BCUT2D eigenvalue weighted by atomic mass is 9.86. The van der Waals surface area contributed by atoms with Gasteiger partial charge in [-0.05, 0) is 54.8 Å². The number of amides is 2. The molecule has 0 aromatic heterocycles. The number of ether oxygens (including phenoxy) is 2. The van der Waals surface area contributed by atoms with Gasteiger partial charge in [0.15, 0.2) is 5.78 Å². The molecule has 36 heavy (non-hydrogen) atoms. The molecule has 2 fully saturated rings. The van der Waals surface area contributed by atoms with E-state index in [0.29, 0.717) is 35.1 Å². The van der Waals surface area contributed by atoms with E-state index in [2.05, 4.69) is 0 Å². The minimum atomic E-state index is -0.833. The van der Waals surface area contributed by atoms with E-state index < -0.39 is 17.9 Å². The number of rotatable bonds is 7. The van der Waals surface area contributed by atoms with Crippen LogP contribution in [0.25, 0.3) is 0 Å². The van der Waals surface area contributed by atoms with Crippen LogP contribution in [0.4, 0.5) is 0 Å². The number of ketones is 1. The Morgan fingerprint density at radius 3 is 2.53 bits per heavy atom. The van der Waals surface area contributed by atoms with E-state index in [4.69, 9.17) is 26.8 Å². The molecule has 0 radical (unpaired) electrons. The number of hydrogen-bond acceptors (Lipinski definition) is 5. The highest BCUT2D eigenvalue weighted by atomic mass is 35.5. The van der Waals surface area contributed by atoms with Gasteiger partial charge >= 0.3 is 0 Å². The third-order valence-electron chi connectivity index (χ3n) is 6.70. The number of nitrogens with two attached hydrogens (primary N) is 1. The summed E-state index contributed by atoms with van der Waals surface area (Å²) in [5.41, 5.74) is 7.21. The zero-order chi connectivity index (χ0) is 25.2. The highest BCUT2D eigenvalue weighted by Crippen LogP contribution is 2.39. The van der Waals surface area contributed by atoms with Crippen LogP contribution in [0.5, 0.6) is 11.5 Å². The Hall–Kier alpha value is -3.68. The third-order valence-corrected chi connectivity index (χ3v) is 6.95. The largest absolute Gasteiger partial charge is 0.457 e. The summed E-state index contributed by atoms with van der Waals surface area (Å²) in [6.07, 6.45) is 0.540. The van der Waals surface area contributed by atoms with Gasteiger partial charge in [-0.2, -0.15) is 0 Å². The Morgan fingerprint density at radius 2 is 1.81 bits per heavy atom. The standard InChI is InChI=1S/C28H25ClN2O5/c29-18-11-9-17(10-12-18)15-21(28(34)31-14-13-24-26(31)22(32)16-35-24)25-20(27(30)33)7-4-8-23(25)36-19-5-2-1-3-6-19/h1-12,21,24,26H,13-16H2,(H2,30,33). The minimum Gasteiger partial charge on any atom is -0.457 e. The minimum absolute atomic E-state index is 0.00120. The summed E-state index contributed by atoms with van der Waals surface area (Å²) in [4.78, 5) is 40.9. The van der Waals surface area contributed by atoms with Crippen molar-refractivity contribution in [2.75, 3.05) is 13.2 Å². The summed E-state index contributed by atoms with van der Waals surface area (Å²) in [7, 11) is 0. The number of para-hydroxylation sites is 1. The van der Waals surface area contributed by atoms with Crippen LogP contribution in [0.2, 0.25) is 5.02 Å². The predicted molar refractivity (Wildman–Crippen MR) is 134 cm³/mol. The van der Waals surface area contributed by atoms with Gasteiger partial charge in [-0.1, -0.05) is 48.0 Å². The molecule has 8 heteroatoms. The fraction of sp³-hybridized carbons (Fsp3) is 0.250. The highest BCUT2D eigenvalue weighted by Gasteiger charge is 2.48. The van der Waals surface area contributed by atoms with E-state index >= 15 is 0 Å². The van der Waals surface area contributed by atoms with Gasteiger partial charge in [-0.25, -0.2) is 0 Å². The maximum Gasteiger partial charge on any atom is 0.249 e. The van der Waals surface area contributed by atoms with Crippen molar-refractivity contribution < 1.29 is 23.9 Å². The van der Waals surface area contributed by atoms with Gasteiger partial charge in [0.05, 0.1) is 12.0 Å². The van der Waals surface area contributed by atoms with Crippen LogP contribution in [-0.4, -0.2) is 47.8 Å². The number of hydrogen-bond donors (Lipinski definition) is 1. The van der Waals surface area contributed by atoms with Crippen molar-refractivity contribution in [1.82, 2.24) is 4.90 Å². The summed E-state index contributed by atoms with van der Waals surface area (Å²) in [6.45, 7) is 0.395. The second-order valence-electron chi connectivity index (χ2n) is 8.96. The fourth-order valence-electron chi connectivity index (χ4n) is 5.03. The predicted octanol–water partition coefficient (Wildman–Crippen LogP) is 4.13. The molecule has 3 aromatic rings. The summed E-state index contributed by atoms with van der Waals surface area (Å²) in [5.74, 6) is -0.978. The van der Waals surface area contributed by atoms with Gasteiger partial charge in [0.1, 0.15) is 24.1 Å². The lowest BCUT2D eigenvalue weighted by molar-refractivity contribution is -0.137. The first-order chi connectivity index (χ1) is 17.4. The molecule has 0 spiro atoms. The molecule has 7 nitrogen and oxygen atoms in total. The van der Waals surface area contributed by atoms with E-state index in [1.165, 1.54) is 0 Å². The Labute approximate surface area is 213 Å². The number of primary amides is 1. The maximum absolute atomic E-state index is 14.2. The van der Waals surface area contributed by atoms with Crippen LogP contribution in [-0.2, 0) is 20.7 Å². The number of likely N-dealkylation sites (tertiary alicyclic amines) is 1. The zero-order valence-corrected chi connectivity index (χ0v) is 20.2. The molecule has 2 aliphatic heterocycles.